The topological polar surface area (TPSA) is 24.5 Å². The lowest BCUT2D eigenvalue weighted by Gasteiger charge is -2.21. The molecule has 1 rings (SSSR count). The Hall–Kier alpha value is -0.120. The summed E-state index contributed by atoms with van der Waals surface area (Å²) in [6.07, 6.45) is 5.61. The second kappa shape index (κ2) is 8.97. The Morgan fingerprint density at radius 2 is 1.88 bits per heavy atom. The average molecular weight is 228 g/mol. The number of nitrogens with one attached hydrogen (secondary N) is 1. The average Bonchev–Trinajstić information content (AvgIpc) is 2.55. The van der Waals surface area contributed by atoms with Crippen molar-refractivity contribution in [3.05, 3.63) is 0 Å². The first-order valence-corrected chi connectivity index (χ1v) is 6.86. The molecule has 0 bridgehead atoms. The fourth-order valence-corrected chi connectivity index (χ4v) is 2.18. The Bertz CT molecular complexity index is 156. The molecule has 96 valence electrons. The first-order valence-electron chi connectivity index (χ1n) is 6.86. The normalized spacial score (nSPS) is 20.6. The number of nitrogens with zero attached hydrogens (tertiary/aromatic N) is 1. The molecular weight excluding hydrogens is 200 g/mol. The third-order valence-corrected chi connectivity index (χ3v) is 3.19. The highest BCUT2D eigenvalue weighted by molar-refractivity contribution is 4.66. The van der Waals surface area contributed by atoms with E-state index in [4.69, 9.17) is 4.74 Å². The van der Waals surface area contributed by atoms with E-state index in [1.165, 1.54) is 45.3 Å². The largest absolute Gasteiger partial charge is 0.380 e. The zero-order chi connectivity index (χ0) is 11.6. The smallest absolute Gasteiger partial charge is 0.0616 e. The van der Waals surface area contributed by atoms with Crippen LogP contribution < -0.4 is 5.32 Å². The quantitative estimate of drug-likeness (QED) is 0.720. The van der Waals surface area contributed by atoms with Crippen LogP contribution in [-0.4, -0.2) is 50.3 Å². The van der Waals surface area contributed by atoms with Crippen molar-refractivity contribution in [1.29, 1.82) is 0 Å². The maximum Gasteiger partial charge on any atom is 0.0616 e. The predicted octanol–water partition coefficient (Wildman–Crippen LogP) is 1.88. The lowest BCUT2D eigenvalue weighted by Crippen LogP contribution is -2.38. The highest BCUT2D eigenvalue weighted by Gasteiger charge is 2.08. The van der Waals surface area contributed by atoms with Gasteiger partial charge in [-0.3, -0.25) is 0 Å². The molecular formula is C13H28N2O. The minimum absolute atomic E-state index is 0.479. The fourth-order valence-electron chi connectivity index (χ4n) is 2.18. The van der Waals surface area contributed by atoms with Gasteiger partial charge in [0.2, 0.25) is 0 Å². The van der Waals surface area contributed by atoms with Crippen LogP contribution in [0, 0.1) is 0 Å². The Kier molecular flexibility index (Phi) is 7.81. The van der Waals surface area contributed by atoms with Crippen molar-refractivity contribution in [2.75, 3.05) is 39.4 Å². The van der Waals surface area contributed by atoms with Crippen molar-refractivity contribution in [1.82, 2.24) is 10.2 Å². The second-order valence-corrected chi connectivity index (χ2v) is 4.77. The molecule has 0 aliphatic carbocycles. The van der Waals surface area contributed by atoms with Crippen molar-refractivity contribution in [2.45, 2.75) is 45.6 Å². The van der Waals surface area contributed by atoms with Crippen molar-refractivity contribution in [3.63, 3.8) is 0 Å². The van der Waals surface area contributed by atoms with E-state index in [0.29, 0.717) is 6.04 Å². The van der Waals surface area contributed by atoms with Gasteiger partial charge in [-0.15, -0.1) is 0 Å². The van der Waals surface area contributed by atoms with Crippen LogP contribution in [0.1, 0.15) is 39.5 Å². The minimum atomic E-state index is 0.479. The molecule has 1 atom stereocenters. The van der Waals surface area contributed by atoms with Crippen molar-refractivity contribution < 1.29 is 4.74 Å². The van der Waals surface area contributed by atoms with Crippen LogP contribution in [0.2, 0.25) is 0 Å². The monoisotopic (exact) mass is 228 g/mol. The highest BCUT2D eigenvalue weighted by atomic mass is 16.5. The van der Waals surface area contributed by atoms with E-state index in [0.717, 1.165) is 19.8 Å². The van der Waals surface area contributed by atoms with E-state index >= 15 is 0 Å². The summed E-state index contributed by atoms with van der Waals surface area (Å²) in [5.41, 5.74) is 0. The van der Waals surface area contributed by atoms with Crippen molar-refractivity contribution >= 4 is 0 Å². The molecule has 1 unspecified atom stereocenters. The third kappa shape index (κ3) is 6.46. The van der Waals surface area contributed by atoms with Gasteiger partial charge in [-0.2, -0.15) is 0 Å². The summed E-state index contributed by atoms with van der Waals surface area (Å²) in [6, 6.07) is 0.479. The lowest BCUT2D eigenvalue weighted by atomic mass is 10.2. The number of hydrogen-bond acceptors (Lipinski definition) is 3. The van der Waals surface area contributed by atoms with Crippen LogP contribution in [0.15, 0.2) is 0 Å². The maximum absolute atomic E-state index is 5.38. The molecule has 0 radical (unpaired) electrons. The molecule has 0 aromatic heterocycles. The molecule has 1 fully saturated rings. The van der Waals surface area contributed by atoms with Gasteiger partial charge in [0, 0.05) is 25.7 Å². The van der Waals surface area contributed by atoms with E-state index < -0.39 is 0 Å². The van der Waals surface area contributed by atoms with Gasteiger partial charge in [0.1, 0.15) is 0 Å². The minimum Gasteiger partial charge on any atom is -0.380 e. The first kappa shape index (κ1) is 13.9. The molecule has 1 aliphatic heterocycles. The summed E-state index contributed by atoms with van der Waals surface area (Å²) < 4.78 is 5.38. The van der Waals surface area contributed by atoms with E-state index in [-0.39, 0.29) is 0 Å². The van der Waals surface area contributed by atoms with Crippen LogP contribution in [0.4, 0.5) is 0 Å². The van der Waals surface area contributed by atoms with E-state index in [1.54, 1.807) is 0 Å². The van der Waals surface area contributed by atoms with Crippen LogP contribution in [0.25, 0.3) is 0 Å². The van der Waals surface area contributed by atoms with E-state index in [9.17, 15) is 0 Å². The summed E-state index contributed by atoms with van der Waals surface area (Å²) >= 11 is 0. The summed E-state index contributed by atoms with van der Waals surface area (Å²) in [5, 5.41) is 3.52. The van der Waals surface area contributed by atoms with Crippen LogP contribution >= 0.6 is 0 Å². The Morgan fingerprint density at radius 1 is 1.19 bits per heavy atom. The van der Waals surface area contributed by atoms with Crippen LogP contribution in [-0.2, 0) is 4.74 Å². The SMILES string of the molecule is CCOCC(C)NCCN1CCCCCC1. The second-order valence-electron chi connectivity index (χ2n) is 4.77. The van der Waals surface area contributed by atoms with Gasteiger partial charge in [0.05, 0.1) is 6.61 Å². The van der Waals surface area contributed by atoms with Gasteiger partial charge in [-0.05, 0) is 39.8 Å². The summed E-state index contributed by atoms with van der Waals surface area (Å²) in [4.78, 5) is 2.59. The Morgan fingerprint density at radius 3 is 2.50 bits per heavy atom. The molecule has 0 aromatic rings. The molecule has 0 amide bonds. The maximum atomic E-state index is 5.38. The Balaban J connectivity index is 2.00. The predicted molar refractivity (Wildman–Crippen MR) is 68.9 cm³/mol. The van der Waals surface area contributed by atoms with E-state index in [1.807, 2.05) is 6.92 Å². The molecule has 1 N–H and O–H groups in total. The van der Waals surface area contributed by atoms with Gasteiger partial charge < -0.3 is 15.0 Å². The third-order valence-electron chi connectivity index (χ3n) is 3.19. The molecule has 16 heavy (non-hydrogen) atoms. The van der Waals surface area contributed by atoms with Gasteiger partial charge in [0.25, 0.3) is 0 Å². The fraction of sp³-hybridized carbons (Fsp3) is 1.00. The summed E-state index contributed by atoms with van der Waals surface area (Å²) in [6.45, 7) is 10.8. The number of likely N-dealkylation sites (tertiary alicyclic amines) is 1. The van der Waals surface area contributed by atoms with Gasteiger partial charge >= 0.3 is 0 Å². The molecule has 1 saturated heterocycles. The first-order chi connectivity index (χ1) is 7.83. The number of hydrogen-bond donors (Lipinski definition) is 1. The molecule has 3 heteroatoms. The molecule has 1 heterocycles. The molecule has 0 aromatic carbocycles. The molecule has 3 nitrogen and oxygen atoms in total. The number of rotatable bonds is 7. The summed E-state index contributed by atoms with van der Waals surface area (Å²) in [7, 11) is 0. The summed E-state index contributed by atoms with van der Waals surface area (Å²) in [5.74, 6) is 0. The highest BCUT2D eigenvalue weighted by Crippen LogP contribution is 2.08. The molecule has 1 aliphatic rings. The van der Waals surface area contributed by atoms with Gasteiger partial charge in [-0.1, -0.05) is 12.8 Å². The van der Waals surface area contributed by atoms with Gasteiger partial charge in [0.15, 0.2) is 0 Å². The van der Waals surface area contributed by atoms with Crippen LogP contribution in [0.5, 0.6) is 0 Å². The van der Waals surface area contributed by atoms with Crippen molar-refractivity contribution in [3.8, 4) is 0 Å². The van der Waals surface area contributed by atoms with Crippen molar-refractivity contribution in [2.24, 2.45) is 0 Å². The van der Waals surface area contributed by atoms with Crippen LogP contribution in [0.3, 0.4) is 0 Å². The van der Waals surface area contributed by atoms with Gasteiger partial charge in [-0.25, -0.2) is 0 Å². The number of ether oxygens (including phenoxy) is 1. The standard InChI is InChI=1S/C13H28N2O/c1-3-16-12-13(2)14-8-11-15-9-6-4-5-7-10-15/h13-14H,3-12H2,1-2H3. The molecule has 0 saturated carbocycles. The zero-order valence-electron chi connectivity index (χ0n) is 11.0. The zero-order valence-corrected chi connectivity index (χ0v) is 11.0. The Labute approximate surface area is 101 Å². The molecule has 0 spiro atoms. The van der Waals surface area contributed by atoms with E-state index in [2.05, 4.69) is 17.1 Å². The lowest BCUT2D eigenvalue weighted by molar-refractivity contribution is 0.126.